The summed E-state index contributed by atoms with van der Waals surface area (Å²) in [6.07, 6.45) is 0. The third kappa shape index (κ3) is 3.91. The topological polar surface area (TPSA) is 277 Å². The van der Waals surface area contributed by atoms with Crippen LogP contribution in [0.5, 0.6) is 0 Å². The van der Waals surface area contributed by atoms with E-state index in [0.717, 1.165) is 0 Å². The molecule has 4 fully saturated rings. The van der Waals surface area contributed by atoms with Crippen molar-refractivity contribution in [2.45, 2.75) is 0 Å². The zero-order chi connectivity index (χ0) is 19.7. The molecule has 27 heavy (non-hydrogen) atoms. The number of fused-ring (bicyclic) bond motifs is 4. The molecule has 0 aliphatic carbocycles. The van der Waals surface area contributed by atoms with Crippen molar-refractivity contribution in [2.24, 2.45) is 35.1 Å². The predicted octanol–water partition coefficient (Wildman–Crippen LogP) is -6.13. The minimum atomic E-state index is -2.18. The molecular formula is H12IN14O12+5. The lowest BCUT2D eigenvalue weighted by atomic mass is 12.1. The lowest BCUT2D eigenvalue weighted by Crippen LogP contribution is -2.84. The molecule has 7 atom stereocenters. The average Bonchev–Trinajstić information content (AvgIpc) is 2.38. The van der Waals surface area contributed by atoms with Crippen LogP contribution in [0.25, 0.3) is 0 Å². The van der Waals surface area contributed by atoms with Crippen LogP contribution in [-0.4, -0.2) is 41.5 Å². The molecule has 0 aromatic carbocycles. The summed E-state index contributed by atoms with van der Waals surface area (Å²) in [4.78, 5) is 53.1. The number of quaternary nitrogens is 5. The van der Waals surface area contributed by atoms with Crippen molar-refractivity contribution in [3.05, 3.63) is 0 Å². The van der Waals surface area contributed by atoms with Gasteiger partial charge in [-0.25, -0.2) is 5.84 Å². The van der Waals surface area contributed by atoms with Crippen LogP contribution in [-0.2, 0) is 57.5 Å². The summed E-state index contributed by atoms with van der Waals surface area (Å²) in [5.74, 6) is 33.4. The summed E-state index contributed by atoms with van der Waals surface area (Å²) in [6.45, 7) is 0. The van der Waals surface area contributed by atoms with Crippen molar-refractivity contribution >= 4 is 23.0 Å². The number of hydrogen-bond donors (Lipinski definition) is 6. The first-order valence-corrected chi connectivity index (χ1v) is 6.78. The Hall–Kier alpha value is -0.310. The Bertz CT molecular complexity index is 611. The van der Waals surface area contributed by atoms with E-state index >= 15 is 0 Å². The predicted molar refractivity (Wildman–Crippen MR) is 59.0 cm³/mol. The highest BCUT2D eigenvalue weighted by Crippen LogP contribution is 2.34. The lowest BCUT2D eigenvalue weighted by molar-refractivity contribution is -1.76. The molecule has 4 heterocycles. The number of nitrogens with two attached hydrogens (primary N) is 6. The fraction of sp³-hybridized carbons (Fsp3) is 0. The highest BCUT2D eigenvalue weighted by molar-refractivity contribution is 14.1. The first-order chi connectivity index (χ1) is 12.4. The van der Waals surface area contributed by atoms with Crippen LogP contribution in [0.4, 0.5) is 0 Å². The number of hydrazine groups is 1. The van der Waals surface area contributed by atoms with Gasteiger partial charge in [0.15, 0.2) is 19.8 Å². The van der Waals surface area contributed by atoms with Gasteiger partial charge in [0, 0.05) is 9.88 Å². The Labute approximate surface area is 157 Å². The van der Waals surface area contributed by atoms with E-state index in [1.807, 2.05) is 0 Å². The van der Waals surface area contributed by atoms with Crippen LogP contribution in [0.1, 0.15) is 0 Å². The molecule has 12 N–H and O–H groups in total. The van der Waals surface area contributed by atoms with Gasteiger partial charge in [0.25, 0.3) is 10.2 Å². The molecule has 4 rings (SSSR count). The zero-order valence-corrected chi connectivity index (χ0v) is 14.5. The van der Waals surface area contributed by atoms with Gasteiger partial charge in [-0.3, -0.25) is 0 Å². The standard InChI is InChI=1S/H12IN14O12/c1-16-11(3)20-9-17-10-22-14(6,24-11)26-13(5)19-8(2)18-12(4,21-9)25-15(7,23-10)27-13/h2-7H2/q+5. The summed E-state index contributed by atoms with van der Waals surface area (Å²) in [5, 5.41) is -10.8. The number of rotatable bonds is 1. The summed E-state index contributed by atoms with van der Waals surface area (Å²) >= 11 is 1.21. The maximum absolute atomic E-state index is 5.65. The summed E-state index contributed by atoms with van der Waals surface area (Å²) in [7, 11) is 0. The van der Waals surface area contributed by atoms with Gasteiger partial charge < -0.3 is 0 Å². The zero-order valence-electron chi connectivity index (χ0n) is 12.3. The summed E-state index contributed by atoms with van der Waals surface area (Å²) in [6, 6.07) is 0. The van der Waals surface area contributed by atoms with Crippen molar-refractivity contribution in [1.29, 1.82) is 0 Å². The van der Waals surface area contributed by atoms with Crippen LogP contribution in [0.2, 0.25) is 0 Å². The van der Waals surface area contributed by atoms with E-state index in [0.29, 0.717) is 0 Å². The van der Waals surface area contributed by atoms with E-state index in [1.165, 1.54) is 23.0 Å². The van der Waals surface area contributed by atoms with Crippen LogP contribution in [0.15, 0.2) is 0 Å². The summed E-state index contributed by atoms with van der Waals surface area (Å²) < 4.78 is 4.66. The van der Waals surface area contributed by atoms with Crippen molar-refractivity contribution in [1.82, 2.24) is 16.1 Å². The monoisotopic (exact) mass is 527 g/mol. The highest BCUT2D eigenvalue weighted by atomic mass is 127. The van der Waals surface area contributed by atoms with E-state index in [-0.39, 0.29) is 16.1 Å². The molecule has 27 heteroatoms. The maximum Gasteiger partial charge on any atom is 0.322 e. The minimum absolute atomic E-state index is 0.0893. The van der Waals surface area contributed by atoms with Crippen molar-refractivity contribution in [3.63, 3.8) is 0 Å². The normalized spacial score (nSPS) is 56.6. The van der Waals surface area contributed by atoms with Crippen LogP contribution in [0.3, 0.4) is 0 Å². The molecule has 7 unspecified atom stereocenters. The van der Waals surface area contributed by atoms with Gasteiger partial charge in [-0.1, -0.05) is 34.2 Å². The van der Waals surface area contributed by atoms with Gasteiger partial charge >= 0.3 is 15.2 Å². The Kier molecular flexibility index (Phi) is 4.51. The summed E-state index contributed by atoms with van der Waals surface area (Å²) in [5.41, 5.74) is 0. The molecule has 0 radical (unpaired) electrons. The first-order valence-electron chi connectivity index (χ1n) is 5.90. The van der Waals surface area contributed by atoms with Crippen molar-refractivity contribution < 1.29 is 82.9 Å². The van der Waals surface area contributed by atoms with E-state index in [9.17, 15) is 0 Å². The number of hydrogen-bond acceptors (Lipinski definition) is 21. The van der Waals surface area contributed by atoms with Crippen LogP contribution >= 0.6 is 23.0 Å². The second-order valence-corrected chi connectivity index (χ2v) is 4.79. The fourth-order valence-electron chi connectivity index (χ4n) is 1.61. The molecule has 0 amide bonds. The van der Waals surface area contributed by atoms with Gasteiger partial charge in [0.05, 0.1) is 19.8 Å². The molecule has 0 saturated carbocycles. The minimum Gasteiger partial charge on any atom is -0.209 e. The van der Waals surface area contributed by atoms with E-state index in [2.05, 4.69) is 3.17 Å². The van der Waals surface area contributed by atoms with Gasteiger partial charge in [0.1, 0.15) is 5.34 Å². The molecule has 4 aliphatic rings. The van der Waals surface area contributed by atoms with E-state index in [4.69, 9.17) is 89.4 Å². The molecule has 156 valence electrons. The van der Waals surface area contributed by atoms with Crippen molar-refractivity contribution in [3.8, 4) is 0 Å². The molecule has 4 saturated heterocycles. The van der Waals surface area contributed by atoms with Crippen molar-refractivity contribution in [2.75, 3.05) is 0 Å². The number of nitrogens with zero attached hydrogens (tertiary/aromatic N) is 8. The quantitative estimate of drug-likeness (QED) is 0.105. The molecule has 0 spiro atoms. The van der Waals surface area contributed by atoms with E-state index < -0.39 is 25.4 Å². The molecule has 0 aromatic rings. The third-order valence-corrected chi connectivity index (χ3v) is 2.80. The average molecular weight is 527 g/mol. The molecule has 6 bridgehead atoms. The largest absolute Gasteiger partial charge is 0.322 e. The Morgan fingerprint density at radius 1 is 0.630 bits per heavy atom. The lowest BCUT2D eigenvalue weighted by Gasteiger charge is -2.38. The van der Waals surface area contributed by atoms with Gasteiger partial charge in [0.2, 0.25) is 33.8 Å². The SMILES string of the molecule is NN1O[N+]2(N)ON3ON4O[N+](N)(O[N+](N)(OI)O3)O[N+](N)(O1)O[N+](N)(O4)O2. The Morgan fingerprint density at radius 2 is 1.07 bits per heavy atom. The van der Waals surface area contributed by atoms with Crippen LogP contribution < -0.4 is 35.1 Å². The Morgan fingerprint density at radius 3 is 1.70 bits per heavy atom. The molecule has 4 aliphatic heterocycles. The van der Waals surface area contributed by atoms with Gasteiger partial charge in [-0.15, -0.1) is 0 Å². The van der Waals surface area contributed by atoms with Gasteiger partial charge in [-0.05, 0) is 3.17 Å². The fourth-order valence-corrected chi connectivity index (χ4v) is 1.75. The Balaban J connectivity index is 1.85. The maximum atomic E-state index is 5.65. The molecule has 26 nitrogen and oxygen atoms in total. The molecule has 0 aromatic heterocycles. The van der Waals surface area contributed by atoms with Crippen LogP contribution in [0, 0.1) is 0 Å². The smallest absolute Gasteiger partial charge is 0.209 e. The highest BCUT2D eigenvalue weighted by Gasteiger charge is 2.77. The third-order valence-electron chi connectivity index (χ3n) is 2.25. The second kappa shape index (κ2) is 6.09. The number of halogens is 1. The second-order valence-electron chi connectivity index (χ2n) is 4.40. The first kappa shape index (κ1) is 20.0. The molecular weight excluding hydrogens is 515 g/mol. The van der Waals surface area contributed by atoms with E-state index in [1.54, 1.807) is 0 Å². The van der Waals surface area contributed by atoms with Gasteiger partial charge in [-0.2, -0.15) is 0 Å².